The summed E-state index contributed by atoms with van der Waals surface area (Å²) in [5, 5.41) is 2.89. The number of nitrogens with zero attached hydrogens (tertiary/aromatic N) is 2. The number of fused-ring (bicyclic) bond motifs is 1. The molecule has 2 saturated heterocycles. The van der Waals surface area contributed by atoms with Gasteiger partial charge < -0.3 is 29.3 Å². The van der Waals surface area contributed by atoms with Crippen molar-refractivity contribution in [2.75, 3.05) is 37.2 Å². The maximum atomic E-state index is 13.3. The lowest BCUT2D eigenvalue weighted by Gasteiger charge is -2.26. The highest BCUT2D eigenvalue weighted by atomic mass is 16.7. The van der Waals surface area contributed by atoms with Gasteiger partial charge in [-0.05, 0) is 49.2 Å². The highest BCUT2D eigenvalue weighted by molar-refractivity contribution is 6.02. The number of carbonyl (C=O) groups excluding carboxylic acids is 3. The predicted molar refractivity (Wildman–Crippen MR) is 119 cm³/mol. The number of hydrogen-bond acceptors (Lipinski definition) is 6. The molecule has 2 fully saturated rings. The van der Waals surface area contributed by atoms with Crippen LogP contribution in [0.3, 0.4) is 0 Å². The number of likely N-dealkylation sites (tertiary alicyclic amines) is 1. The van der Waals surface area contributed by atoms with Crippen LogP contribution in [-0.4, -0.2) is 55.7 Å². The maximum absolute atomic E-state index is 13.3. The summed E-state index contributed by atoms with van der Waals surface area (Å²) in [6.45, 7) is 0.942. The molecule has 5 rings (SSSR count). The van der Waals surface area contributed by atoms with E-state index in [1.54, 1.807) is 59.4 Å². The van der Waals surface area contributed by atoms with E-state index < -0.39 is 12.0 Å². The second kappa shape index (κ2) is 8.65. The van der Waals surface area contributed by atoms with Crippen LogP contribution in [0.1, 0.15) is 19.3 Å². The Bertz CT molecular complexity index is 1090. The Hall–Kier alpha value is -3.75. The second-order valence-electron chi connectivity index (χ2n) is 8.35. The molecule has 0 saturated carbocycles. The van der Waals surface area contributed by atoms with Crippen molar-refractivity contribution in [3.63, 3.8) is 0 Å². The summed E-state index contributed by atoms with van der Waals surface area (Å²) in [5.74, 6) is 0.944. The van der Waals surface area contributed by atoms with Crippen LogP contribution < -0.4 is 24.4 Å². The van der Waals surface area contributed by atoms with Crippen LogP contribution in [0.25, 0.3) is 0 Å². The number of carbonyl (C=O) groups is 3. The van der Waals surface area contributed by atoms with Gasteiger partial charge in [-0.1, -0.05) is 0 Å². The van der Waals surface area contributed by atoms with Crippen molar-refractivity contribution in [2.45, 2.75) is 25.3 Å². The van der Waals surface area contributed by atoms with Gasteiger partial charge in [0.25, 0.3) is 0 Å². The molecule has 0 aliphatic carbocycles. The Kier molecular flexibility index (Phi) is 5.53. The molecule has 2 aromatic carbocycles. The molecule has 3 amide bonds. The van der Waals surface area contributed by atoms with E-state index in [9.17, 15) is 14.4 Å². The van der Waals surface area contributed by atoms with Gasteiger partial charge in [-0.15, -0.1) is 0 Å². The zero-order valence-electron chi connectivity index (χ0n) is 18.3. The third-order valence-electron chi connectivity index (χ3n) is 6.34. The molecule has 0 spiro atoms. The van der Waals surface area contributed by atoms with Crippen molar-refractivity contribution in [3.8, 4) is 17.2 Å². The zero-order valence-corrected chi connectivity index (χ0v) is 18.3. The Balaban J connectivity index is 1.25. The first-order valence-corrected chi connectivity index (χ1v) is 11.0. The van der Waals surface area contributed by atoms with Crippen LogP contribution in [0.4, 0.5) is 11.4 Å². The minimum absolute atomic E-state index is 0.120. The lowest BCUT2D eigenvalue weighted by Crippen LogP contribution is -2.46. The quantitative estimate of drug-likeness (QED) is 0.750. The number of rotatable bonds is 5. The van der Waals surface area contributed by atoms with Gasteiger partial charge in [0, 0.05) is 37.0 Å². The Morgan fingerprint density at radius 1 is 1.09 bits per heavy atom. The number of ether oxygens (including phenoxy) is 3. The van der Waals surface area contributed by atoms with E-state index >= 15 is 0 Å². The van der Waals surface area contributed by atoms with Gasteiger partial charge in [0.15, 0.2) is 11.5 Å². The first kappa shape index (κ1) is 21.1. The first-order valence-electron chi connectivity index (χ1n) is 11.0. The largest absolute Gasteiger partial charge is 0.497 e. The molecular formula is C24H25N3O6. The maximum Gasteiger partial charge on any atom is 0.247 e. The highest BCUT2D eigenvalue weighted by Crippen LogP contribution is 2.37. The molecule has 0 radical (unpaired) electrons. The normalized spacial score (nSPS) is 21.4. The van der Waals surface area contributed by atoms with E-state index in [2.05, 4.69) is 5.32 Å². The van der Waals surface area contributed by atoms with Gasteiger partial charge in [-0.2, -0.15) is 0 Å². The van der Waals surface area contributed by atoms with Crippen molar-refractivity contribution in [1.29, 1.82) is 0 Å². The zero-order chi connectivity index (χ0) is 22.9. The summed E-state index contributed by atoms with van der Waals surface area (Å²) < 4.78 is 15.9. The van der Waals surface area contributed by atoms with Gasteiger partial charge in [0.05, 0.1) is 13.0 Å². The lowest BCUT2D eigenvalue weighted by atomic mass is 10.1. The molecule has 172 valence electrons. The highest BCUT2D eigenvalue weighted by Gasteiger charge is 2.42. The van der Waals surface area contributed by atoms with Gasteiger partial charge in [0.2, 0.25) is 24.5 Å². The lowest BCUT2D eigenvalue weighted by molar-refractivity contribution is -0.140. The summed E-state index contributed by atoms with van der Waals surface area (Å²) >= 11 is 0. The van der Waals surface area contributed by atoms with Crippen LogP contribution in [0.2, 0.25) is 0 Å². The molecule has 3 aliphatic heterocycles. The summed E-state index contributed by atoms with van der Waals surface area (Å²) in [6, 6.07) is 11.8. The number of amides is 3. The van der Waals surface area contributed by atoms with Gasteiger partial charge in [0.1, 0.15) is 11.8 Å². The summed E-state index contributed by atoms with van der Waals surface area (Å²) in [4.78, 5) is 42.2. The summed E-state index contributed by atoms with van der Waals surface area (Å²) in [6.07, 6.45) is 1.47. The molecule has 2 atom stereocenters. The van der Waals surface area contributed by atoms with Crippen molar-refractivity contribution in [2.24, 2.45) is 5.92 Å². The van der Waals surface area contributed by atoms with Crippen molar-refractivity contribution in [3.05, 3.63) is 42.5 Å². The molecule has 0 aromatic heterocycles. The van der Waals surface area contributed by atoms with Crippen LogP contribution in [0.15, 0.2) is 42.5 Å². The molecule has 1 N–H and O–H groups in total. The average Bonchev–Trinajstić information content (AvgIpc) is 3.58. The van der Waals surface area contributed by atoms with Crippen molar-refractivity contribution >= 4 is 29.1 Å². The second-order valence-corrected chi connectivity index (χ2v) is 8.35. The molecule has 2 aromatic rings. The van der Waals surface area contributed by atoms with Crippen LogP contribution >= 0.6 is 0 Å². The van der Waals surface area contributed by atoms with E-state index in [1.165, 1.54) is 0 Å². The summed E-state index contributed by atoms with van der Waals surface area (Å²) in [7, 11) is 1.58. The standard InChI is InChI=1S/C24H25N3O6/c1-31-18-7-4-16(5-8-18)25-23(29)19-3-2-10-26(19)24(30)15-11-22(28)27(13-15)17-6-9-20-21(12-17)33-14-32-20/h4-9,12,15,19H,2-3,10-11,13-14H2,1H3,(H,25,29)/t15-,19-/m0/s1. The first-order chi connectivity index (χ1) is 16.0. The molecule has 33 heavy (non-hydrogen) atoms. The fraction of sp³-hybridized carbons (Fsp3) is 0.375. The van der Waals surface area contributed by atoms with Gasteiger partial charge in [-0.25, -0.2) is 0 Å². The van der Waals surface area contributed by atoms with Crippen molar-refractivity contribution < 1.29 is 28.6 Å². The van der Waals surface area contributed by atoms with Crippen LogP contribution in [0.5, 0.6) is 17.2 Å². The van der Waals surface area contributed by atoms with Crippen LogP contribution in [0, 0.1) is 5.92 Å². The Morgan fingerprint density at radius 3 is 2.67 bits per heavy atom. The van der Waals surface area contributed by atoms with E-state index in [-0.39, 0.29) is 37.5 Å². The molecular weight excluding hydrogens is 426 g/mol. The summed E-state index contributed by atoms with van der Waals surface area (Å²) in [5.41, 5.74) is 1.32. The van der Waals surface area contributed by atoms with Gasteiger partial charge in [-0.3, -0.25) is 14.4 Å². The molecule has 0 bridgehead atoms. The minimum atomic E-state index is -0.547. The third kappa shape index (κ3) is 4.06. The Labute approximate surface area is 191 Å². The smallest absolute Gasteiger partial charge is 0.247 e. The fourth-order valence-corrected chi connectivity index (χ4v) is 4.61. The van der Waals surface area contributed by atoms with E-state index in [1.807, 2.05) is 0 Å². The molecule has 9 nitrogen and oxygen atoms in total. The predicted octanol–water partition coefficient (Wildman–Crippen LogP) is 2.41. The number of hydrogen-bond donors (Lipinski definition) is 1. The van der Waals surface area contributed by atoms with Crippen molar-refractivity contribution in [1.82, 2.24) is 4.90 Å². The monoisotopic (exact) mass is 451 g/mol. The molecule has 0 unspecified atom stereocenters. The van der Waals surface area contributed by atoms with E-state index in [0.29, 0.717) is 41.6 Å². The molecule has 3 heterocycles. The number of benzene rings is 2. The average molecular weight is 451 g/mol. The fourth-order valence-electron chi connectivity index (χ4n) is 4.61. The number of methoxy groups -OCH3 is 1. The topological polar surface area (TPSA) is 97.4 Å². The van der Waals surface area contributed by atoms with E-state index in [4.69, 9.17) is 14.2 Å². The van der Waals surface area contributed by atoms with Crippen LogP contribution in [-0.2, 0) is 14.4 Å². The van der Waals surface area contributed by atoms with Gasteiger partial charge >= 0.3 is 0 Å². The SMILES string of the molecule is COc1ccc(NC(=O)[C@@H]2CCCN2C(=O)[C@H]2CC(=O)N(c3ccc4c(c3)OCO4)C2)cc1. The van der Waals surface area contributed by atoms with E-state index in [0.717, 1.165) is 6.42 Å². The molecule has 3 aliphatic rings. The minimum Gasteiger partial charge on any atom is -0.497 e. The number of anilines is 2. The third-order valence-corrected chi connectivity index (χ3v) is 6.34. The Morgan fingerprint density at radius 2 is 1.88 bits per heavy atom. The molecule has 9 heteroatoms. The number of nitrogens with one attached hydrogen (secondary N) is 1.